The molecule has 0 saturated heterocycles. The summed E-state index contributed by atoms with van der Waals surface area (Å²) in [5.41, 5.74) is 0.300. The van der Waals surface area contributed by atoms with Crippen molar-refractivity contribution in [1.29, 1.82) is 5.26 Å². The maximum atomic E-state index is 14.4. The Morgan fingerprint density at radius 2 is 1.92 bits per heavy atom. The lowest BCUT2D eigenvalue weighted by atomic mass is 9.82. The Hall–Kier alpha value is -2.29. The molecule has 1 fully saturated rings. The molecular formula is C20H29FN4O. The summed E-state index contributed by atoms with van der Waals surface area (Å²) in [6, 6.07) is 6.78. The summed E-state index contributed by atoms with van der Waals surface area (Å²) in [5, 5.41) is 15.4. The lowest BCUT2D eigenvalue weighted by Crippen LogP contribution is -2.52. The summed E-state index contributed by atoms with van der Waals surface area (Å²) in [4.78, 5) is 14.4. The summed E-state index contributed by atoms with van der Waals surface area (Å²) < 4.78 is 14.4. The van der Waals surface area contributed by atoms with Crippen molar-refractivity contribution >= 4 is 17.3 Å². The SMILES string of the molecule is CC(C)N(C)c1ccc(N[C@@H](C)C(=O)NC2(C#N)CCCCC2)cc1F. The highest BCUT2D eigenvalue weighted by atomic mass is 19.1. The van der Waals surface area contributed by atoms with Crippen LogP contribution in [-0.4, -0.2) is 30.6 Å². The van der Waals surface area contributed by atoms with Crippen LogP contribution in [0.15, 0.2) is 18.2 Å². The van der Waals surface area contributed by atoms with E-state index in [2.05, 4.69) is 16.7 Å². The highest BCUT2D eigenvalue weighted by molar-refractivity contribution is 5.85. The number of amides is 1. The van der Waals surface area contributed by atoms with Gasteiger partial charge < -0.3 is 15.5 Å². The molecular weight excluding hydrogens is 331 g/mol. The van der Waals surface area contributed by atoms with E-state index in [1.165, 1.54) is 6.07 Å². The summed E-state index contributed by atoms with van der Waals surface area (Å²) in [7, 11) is 1.85. The van der Waals surface area contributed by atoms with Crippen molar-refractivity contribution in [3.63, 3.8) is 0 Å². The zero-order chi connectivity index (χ0) is 19.3. The van der Waals surface area contributed by atoms with E-state index in [4.69, 9.17) is 0 Å². The summed E-state index contributed by atoms with van der Waals surface area (Å²) in [6.07, 6.45) is 4.38. The Morgan fingerprint density at radius 3 is 2.46 bits per heavy atom. The van der Waals surface area contributed by atoms with Gasteiger partial charge in [0.1, 0.15) is 17.4 Å². The molecule has 1 aliphatic rings. The van der Waals surface area contributed by atoms with Crippen LogP contribution in [-0.2, 0) is 4.79 Å². The third kappa shape index (κ3) is 4.66. The molecule has 1 aromatic carbocycles. The number of carbonyl (C=O) groups excluding carboxylic acids is 1. The lowest BCUT2D eigenvalue weighted by molar-refractivity contribution is -0.123. The molecule has 0 radical (unpaired) electrons. The Morgan fingerprint density at radius 1 is 1.27 bits per heavy atom. The number of nitriles is 1. The fraction of sp³-hybridized carbons (Fsp3) is 0.600. The molecule has 0 aromatic heterocycles. The van der Waals surface area contributed by atoms with Crippen molar-refractivity contribution in [2.75, 3.05) is 17.3 Å². The maximum absolute atomic E-state index is 14.4. The Kier molecular flexibility index (Phi) is 6.47. The highest BCUT2D eigenvalue weighted by Gasteiger charge is 2.34. The summed E-state index contributed by atoms with van der Waals surface area (Å²) in [6.45, 7) is 5.71. The first-order valence-corrected chi connectivity index (χ1v) is 9.30. The predicted molar refractivity (Wildman–Crippen MR) is 103 cm³/mol. The third-order valence-corrected chi connectivity index (χ3v) is 5.16. The van der Waals surface area contributed by atoms with Crippen molar-refractivity contribution in [3.05, 3.63) is 24.0 Å². The van der Waals surface area contributed by atoms with E-state index in [9.17, 15) is 14.4 Å². The quantitative estimate of drug-likeness (QED) is 0.809. The molecule has 26 heavy (non-hydrogen) atoms. The first-order chi connectivity index (χ1) is 12.3. The molecule has 0 heterocycles. The summed E-state index contributed by atoms with van der Waals surface area (Å²) >= 11 is 0. The average molecular weight is 360 g/mol. The van der Waals surface area contributed by atoms with E-state index >= 15 is 0 Å². The molecule has 1 aromatic rings. The van der Waals surface area contributed by atoms with Crippen molar-refractivity contribution < 1.29 is 9.18 Å². The number of halogens is 1. The Labute approximate surface area is 155 Å². The van der Waals surface area contributed by atoms with Crippen LogP contribution in [0.2, 0.25) is 0 Å². The van der Waals surface area contributed by atoms with Crippen LogP contribution >= 0.6 is 0 Å². The molecule has 0 bridgehead atoms. The molecule has 6 heteroatoms. The number of nitrogens with one attached hydrogen (secondary N) is 2. The van der Waals surface area contributed by atoms with Crippen molar-refractivity contribution in [2.24, 2.45) is 0 Å². The third-order valence-electron chi connectivity index (χ3n) is 5.16. The number of carbonyl (C=O) groups is 1. The standard InChI is InChI=1S/C20H29FN4O/c1-14(2)25(4)18-9-8-16(12-17(18)21)23-15(3)19(26)24-20(13-22)10-6-5-7-11-20/h8-9,12,14-15,23H,5-7,10-11H2,1-4H3,(H,24,26)/t15-/m0/s1. The van der Waals surface area contributed by atoms with Gasteiger partial charge in [0.15, 0.2) is 0 Å². The van der Waals surface area contributed by atoms with Crippen LogP contribution < -0.4 is 15.5 Å². The minimum absolute atomic E-state index is 0.186. The number of hydrogen-bond acceptors (Lipinski definition) is 4. The van der Waals surface area contributed by atoms with Gasteiger partial charge in [0, 0.05) is 18.8 Å². The van der Waals surface area contributed by atoms with E-state index < -0.39 is 11.6 Å². The van der Waals surface area contributed by atoms with Crippen LogP contribution in [0.3, 0.4) is 0 Å². The van der Waals surface area contributed by atoms with E-state index in [0.29, 0.717) is 24.2 Å². The van der Waals surface area contributed by atoms with E-state index in [1.807, 2.05) is 25.8 Å². The molecule has 1 amide bonds. The number of rotatable bonds is 6. The highest BCUT2D eigenvalue weighted by Crippen LogP contribution is 2.28. The van der Waals surface area contributed by atoms with Crippen LogP contribution in [0.25, 0.3) is 0 Å². The first-order valence-electron chi connectivity index (χ1n) is 9.30. The topological polar surface area (TPSA) is 68.2 Å². The van der Waals surface area contributed by atoms with Gasteiger partial charge in [-0.2, -0.15) is 5.26 Å². The van der Waals surface area contributed by atoms with Gasteiger partial charge in [-0.25, -0.2) is 4.39 Å². The monoisotopic (exact) mass is 360 g/mol. The van der Waals surface area contributed by atoms with Gasteiger partial charge in [0.05, 0.1) is 11.8 Å². The van der Waals surface area contributed by atoms with Gasteiger partial charge in [0.2, 0.25) is 5.91 Å². The minimum Gasteiger partial charge on any atom is -0.374 e. The van der Waals surface area contributed by atoms with Gasteiger partial charge in [-0.15, -0.1) is 0 Å². The smallest absolute Gasteiger partial charge is 0.243 e. The summed E-state index contributed by atoms with van der Waals surface area (Å²) in [5.74, 6) is -0.572. The van der Waals surface area contributed by atoms with Crippen LogP contribution in [0.5, 0.6) is 0 Å². The molecule has 0 unspecified atom stereocenters. The molecule has 142 valence electrons. The van der Waals surface area contributed by atoms with Gasteiger partial charge >= 0.3 is 0 Å². The number of anilines is 2. The molecule has 2 rings (SSSR count). The average Bonchev–Trinajstić information content (AvgIpc) is 2.62. The zero-order valence-corrected chi connectivity index (χ0v) is 16.1. The molecule has 1 aliphatic carbocycles. The fourth-order valence-electron chi connectivity index (χ4n) is 3.24. The Bertz CT molecular complexity index is 677. The minimum atomic E-state index is -0.764. The van der Waals surface area contributed by atoms with E-state index in [1.54, 1.807) is 19.1 Å². The predicted octanol–water partition coefficient (Wildman–Crippen LogP) is 3.81. The Balaban J connectivity index is 2.02. The number of hydrogen-bond donors (Lipinski definition) is 2. The van der Waals surface area contributed by atoms with Crippen LogP contribution in [0, 0.1) is 17.1 Å². The number of nitrogens with zero attached hydrogens (tertiary/aromatic N) is 2. The van der Waals surface area contributed by atoms with Crippen LogP contribution in [0.1, 0.15) is 52.9 Å². The van der Waals surface area contributed by atoms with E-state index in [-0.39, 0.29) is 17.8 Å². The van der Waals surface area contributed by atoms with Crippen molar-refractivity contribution in [3.8, 4) is 6.07 Å². The second kappa shape index (κ2) is 8.39. The molecule has 1 atom stereocenters. The second-order valence-corrected chi connectivity index (χ2v) is 7.48. The van der Waals surface area contributed by atoms with Gasteiger partial charge in [-0.3, -0.25) is 4.79 Å². The molecule has 5 nitrogen and oxygen atoms in total. The van der Waals surface area contributed by atoms with Gasteiger partial charge in [-0.05, 0) is 51.8 Å². The van der Waals surface area contributed by atoms with E-state index in [0.717, 1.165) is 19.3 Å². The molecule has 0 spiro atoms. The van der Waals surface area contributed by atoms with Crippen molar-refractivity contribution in [2.45, 2.75) is 70.5 Å². The zero-order valence-electron chi connectivity index (χ0n) is 16.1. The van der Waals surface area contributed by atoms with Crippen LogP contribution in [0.4, 0.5) is 15.8 Å². The maximum Gasteiger partial charge on any atom is 0.243 e. The fourth-order valence-corrected chi connectivity index (χ4v) is 3.24. The largest absolute Gasteiger partial charge is 0.374 e. The normalized spacial score (nSPS) is 17.3. The van der Waals surface area contributed by atoms with Gasteiger partial charge in [-0.1, -0.05) is 19.3 Å². The molecule has 0 aliphatic heterocycles. The molecule has 2 N–H and O–H groups in total. The lowest BCUT2D eigenvalue weighted by Gasteiger charge is -2.32. The number of benzene rings is 1. The van der Waals surface area contributed by atoms with Crippen molar-refractivity contribution in [1.82, 2.24) is 5.32 Å². The second-order valence-electron chi connectivity index (χ2n) is 7.48. The first kappa shape index (κ1) is 20.0. The van der Waals surface area contributed by atoms with Gasteiger partial charge in [0.25, 0.3) is 0 Å². The molecule has 1 saturated carbocycles.